The minimum absolute atomic E-state index is 0.0105. The molecular formula is C15H29N3O. The Hall–Kier alpha value is -0.610. The Kier molecular flexibility index (Phi) is 5.64. The van der Waals surface area contributed by atoms with E-state index >= 15 is 0 Å². The van der Waals surface area contributed by atoms with E-state index in [2.05, 4.69) is 22.6 Å². The first kappa shape index (κ1) is 14.8. The van der Waals surface area contributed by atoms with Gasteiger partial charge in [0.1, 0.15) is 0 Å². The Labute approximate surface area is 117 Å². The van der Waals surface area contributed by atoms with Crippen LogP contribution < -0.4 is 10.6 Å². The van der Waals surface area contributed by atoms with Gasteiger partial charge in [0, 0.05) is 12.1 Å². The first-order valence-electron chi connectivity index (χ1n) is 7.91. The predicted molar refractivity (Wildman–Crippen MR) is 78.1 cm³/mol. The molecule has 1 aliphatic heterocycles. The minimum atomic E-state index is -0.0105. The molecule has 2 fully saturated rings. The first-order valence-corrected chi connectivity index (χ1v) is 7.91. The van der Waals surface area contributed by atoms with Crippen LogP contribution in [0.25, 0.3) is 0 Å². The van der Waals surface area contributed by atoms with E-state index in [0.29, 0.717) is 12.1 Å². The van der Waals surface area contributed by atoms with Crippen molar-refractivity contribution in [2.75, 3.05) is 20.1 Å². The number of hydrogen-bond donors (Lipinski definition) is 2. The molecule has 2 aliphatic rings. The van der Waals surface area contributed by atoms with E-state index in [-0.39, 0.29) is 11.9 Å². The average molecular weight is 267 g/mol. The van der Waals surface area contributed by atoms with E-state index < -0.39 is 0 Å². The van der Waals surface area contributed by atoms with E-state index in [4.69, 9.17) is 0 Å². The second kappa shape index (κ2) is 7.25. The fourth-order valence-corrected chi connectivity index (χ4v) is 3.30. The van der Waals surface area contributed by atoms with Gasteiger partial charge in [0.25, 0.3) is 0 Å². The van der Waals surface area contributed by atoms with Crippen LogP contribution in [0.3, 0.4) is 0 Å². The Balaban J connectivity index is 1.82. The Bertz CT molecular complexity index is 281. The highest BCUT2D eigenvalue weighted by Gasteiger charge is 2.27. The third-order valence-electron chi connectivity index (χ3n) is 4.81. The van der Waals surface area contributed by atoms with E-state index in [9.17, 15) is 4.79 Å². The monoisotopic (exact) mass is 267 g/mol. The lowest BCUT2D eigenvalue weighted by Gasteiger charge is -2.32. The molecule has 2 N–H and O–H groups in total. The fraction of sp³-hybridized carbons (Fsp3) is 0.933. The van der Waals surface area contributed by atoms with Gasteiger partial charge < -0.3 is 10.6 Å². The van der Waals surface area contributed by atoms with Gasteiger partial charge >= 0.3 is 0 Å². The van der Waals surface area contributed by atoms with Crippen molar-refractivity contribution in [3.05, 3.63) is 0 Å². The van der Waals surface area contributed by atoms with Crippen molar-refractivity contribution in [2.45, 2.75) is 70.0 Å². The quantitative estimate of drug-likeness (QED) is 0.811. The highest BCUT2D eigenvalue weighted by Crippen LogP contribution is 2.19. The molecule has 110 valence electrons. The van der Waals surface area contributed by atoms with Crippen molar-refractivity contribution in [2.24, 2.45) is 0 Å². The van der Waals surface area contributed by atoms with Gasteiger partial charge in [-0.25, -0.2) is 0 Å². The Morgan fingerprint density at radius 1 is 1.16 bits per heavy atom. The summed E-state index contributed by atoms with van der Waals surface area (Å²) in [7, 11) is 2.11. The smallest absolute Gasteiger partial charge is 0.237 e. The number of amides is 1. The van der Waals surface area contributed by atoms with Gasteiger partial charge in [0.2, 0.25) is 5.91 Å². The molecule has 1 amide bonds. The lowest BCUT2D eigenvalue weighted by Crippen LogP contribution is -2.49. The molecule has 0 aromatic rings. The standard InChI is InChI=1S/C15H29N3O/c1-12(15(19)17-13-6-3-4-7-13)18(2)14-8-5-10-16-11-9-14/h12-14,16H,3-11H2,1-2H3,(H,17,19). The molecule has 2 atom stereocenters. The van der Waals surface area contributed by atoms with Gasteiger partial charge in [0.05, 0.1) is 6.04 Å². The molecule has 1 saturated heterocycles. The Morgan fingerprint density at radius 3 is 2.63 bits per heavy atom. The van der Waals surface area contributed by atoms with E-state index in [1.165, 1.54) is 25.7 Å². The number of likely N-dealkylation sites (N-methyl/N-ethyl adjacent to an activating group) is 1. The molecule has 1 aliphatic carbocycles. The molecule has 0 aromatic carbocycles. The molecule has 19 heavy (non-hydrogen) atoms. The molecule has 2 rings (SSSR count). The van der Waals surface area contributed by atoms with Crippen LogP contribution in [0.15, 0.2) is 0 Å². The lowest BCUT2D eigenvalue weighted by molar-refractivity contribution is -0.127. The zero-order valence-corrected chi connectivity index (χ0v) is 12.5. The van der Waals surface area contributed by atoms with Crippen LogP contribution in [-0.2, 0) is 4.79 Å². The van der Waals surface area contributed by atoms with Crippen LogP contribution in [0.2, 0.25) is 0 Å². The van der Waals surface area contributed by atoms with Gasteiger partial charge in [-0.3, -0.25) is 9.69 Å². The summed E-state index contributed by atoms with van der Waals surface area (Å²) in [5.41, 5.74) is 0. The van der Waals surface area contributed by atoms with Crippen molar-refractivity contribution >= 4 is 5.91 Å². The summed E-state index contributed by atoms with van der Waals surface area (Å²) in [6.45, 7) is 4.24. The molecule has 4 heteroatoms. The minimum Gasteiger partial charge on any atom is -0.352 e. The second-order valence-corrected chi connectivity index (χ2v) is 6.17. The molecule has 0 bridgehead atoms. The van der Waals surface area contributed by atoms with Crippen molar-refractivity contribution in [3.8, 4) is 0 Å². The van der Waals surface area contributed by atoms with Crippen LogP contribution in [0.5, 0.6) is 0 Å². The van der Waals surface area contributed by atoms with Gasteiger partial charge in [-0.15, -0.1) is 0 Å². The molecular weight excluding hydrogens is 238 g/mol. The number of nitrogens with zero attached hydrogens (tertiary/aromatic N) is 1. The predicted octanol–water partition coefficient (Wildman–Crippen LogP) is 1.51. The number of hydrogen-bond acceptors (Lipinski definition) is 3. The van der Waals surface area contributed by atoms with Crippen molar-refractivity contribution in [1.82, 2.24) is 15.5 Å². The Morgan fingerprint density at radius 2 is 1.89 bits per heavy atom. The topological polar surface area (TPSA) is 44.4 Å². The van der Waals surface area contributed by atoms with Gasteiger partial charge in [-0.2, -0.15) is 0 Å². The average Bonchev–Trinajstić information content (AvgIpc) is 2.77. The maximum Gasteiger partial charge on any atom is 0.237 e. The molecule has 1 saturated carbocycles. The van der Waals surface area contributed by atoms with Crippen LogP contribution >= 0.6 is 0 Å². The first-order chi connectivity index (χ1) is 9.18. The van der Waals surface area contributed by atoms with E-state index in [1.54, 1.807) is 0 Å². The number of carbonyl (C=O) groups is 1. The molecule has 1 heterocycles. The van der Waals surface area contributed by atoms with E-state index in [0.717, 1.165) is 32.4 Å². The van der Waals surface area contributed by atoms with E-state index in [1.807, 2.05) is 6.92 Å². The van der Waals surface area contributed by atoms with Crippen molar-refractivity contribution in [1.29, 1.82) is 0 Å². The van der Waals surface area contributed by atoms with Crippen LogP contribution in [0.1, 0.15) is 51.9 Å². The maximum atomic E-state index is 12.3. The third-order valence-corrected chi connectivity index (χ3v) is 4.81. The summed E-state index contributed by atoms with van der Waals surface area (Å²) in [5.74, 6) is 0.214. The SMILES string of the molecule is CC(C(=O)NC1CCCC1)N(C)C1CCCNCC1. The van der Waals surface area contributed by atoms with Crippen LogP contribution in [0.4, 0.5) is 0 Å². The van der Waals surface area contributed by atoms with Gasteiger partial charge in [-0.05, 0) is 59.2 Å². The summed E-state index contributed by atoms with van der Waals surface area (Å²) in [4.78, 5) is 14.6. The zero-order valence-electron chi connectivity index (χ0n) is 12.5. The highest BCUT2D eigenvalue weighted by molar-refractivity contribution is 5.81. The summed E-state index contributed by atoms with van der Waals surface area (Å²) < 4.78 is 0. The number of nitrogens with one attached hydrogen (secondary N) is 2. The number of carbonyl (C=O) groups excluding carboxylic acids is 1. The zero-order chi connectivity index (χ0) is 13.7. The summed E-state index contributed by atoms with van der Waals surface area (Å²) in [5, 5.41) is 6.65. The number of rotatable bonds is 4. The highest BCUT2D eigenvalue weighted by atomic mass is 16.2. The lowest BCUT2D eigenvalue weighted by atomic mass is 10.1. The summed E-state index contributed by atoms with van der Waals surface area (Å²) in [6, 6.07) is 0.960. The second-order valence-electron chi connectivity index (χ2n) is 6.17. The maximum absolute atomic E-state index is 12.3. The van der Waals surface area contributed by atoms with Gasteiger partial charge in [-0.1, -0.05) is 12.8 Å². The van der Waals surface area contributed by atoms with Crippen LogP contribution in [-0.4, -0.2) is 49.1 Å². The third kappa shape index (κ3) is 4.18. The molecule has 4 nitrogen and oxygen atoms in total. The molecule has 0 spiro atoms. The molecule has 0 aromatic heterocycles. The van der Waals surface area contributed by atoms with Gasteiger partial charge in [0.15, 0.2) is 0 Å². The fourth-order valence-electron chi connectivity index (χ4n) is 3.30. The largest absolute Gasteiger partial charge is 0.352 e. The molecule has 2 unspecified atom stereocenters. The summed E-state index contributed by atoms with van der Waals surface area (Å²) >= 11 is 0. The molecule has 0 radical (unpaired) electrons. The summed E-state index contributed by atoms with van der Waals surface area (Å²) in [6.07, 6.45) is 8.42. The van der Waals surface area contributed by atoms with Crippen LogP contribution in [0, 0.1) is 0 Å². The van der Waals surface area contributed by atoms with Crippen molar-refractivity contribution < 1.29 is 4.79 Å². The normalized spacial score (nSPS) is 27.2. The van der Waals surface area contributed by atoms with Crippen molar-refractivity contribution in [3.63, 3.8) is 0 Å².